The van der Waals surface area contributed by atoms with Gasteiger partial charge in [0.25, 0.3) is 5.91 Å². The van der Waals surface area contributed by atoms with Crippen molar-refractivity contribution in [1.82, 2.24) is 30.3 Å². The first-order valence-electron chi connectivity index (χ1n) is 9.00. The molecule has 2 aromatic heterocycles. The predicted octanol–water partition coefficient (Wildman–Crippen LogP) is 1.07. The molecule has 0 spiro atoms. The van der Waals surface area contributed by atoms with Gasteiger partial charge in [0.05, 0.1) is 6.20 Å². The quantitative estimate of drug-likeness (QED) is 0.899. The van der Waals surface area contributed by atoms with Crippen LogP contribution in [-0.4, -0.2) is 62.4 Å². The smallest absolute Gasteiger partial charge is 0.276 e. The van der Waals surface area contributed by atoms with E-state index in [1.165, 1.54) is 31.2 Å². The van der Waals surface area contributed by atoms with Crippen LogP contribution in [0.2, 0.25) is 0 Å². The highest BCUT2D eigenvalue weighted by Crippen LogP contribution is 2.37. The predicted molar refractivity (Wildman–Crippen MR) is 90.1 cm³/mol. The summed E-state index contributed by atoms with van der Waals surface area (Å²) < 4.78 is 0. The van der Waals surface area contributed by atoms with Crippen molar-refractivity contribution >= 4 is 11.7 Å². The Kier molecular flexibility index (Phi) is 3.43. The second-order valence-electron chi connectivity index (χ2n) is 7.42. The van der Waals surface area contributed by atoms with Crippen LogP contribution in [0.25, 0.3) is 0 Å². The number of aromatic amines is 1. The van der Waals surface area contributed by atoms with Crippen molar-refractivity contribution in [2.24, 2.45) is 11.8 Å². The van der Waals surface area contributed by atoms with Gasteiger partial charge in [-0.3, -0.25) is 4.79 Å². The van der Waals surface area contributed by atoms with Gasteiger partial charge in [0.2, 0.25) is 0 Å². The maximum atomic E-state index is 12.4. The van der Waals surface area contributed by atoms with E-state index in [4.69, 9.17) is 0 Å². The molecule has 2 atom stereocenters. The van der Waals surface area contributed by atoms with Crippen molar-refractivity contribution in [2.75, 3.05) is 31.1 Å². The van der Waals surface area contributed by atoms with Crippen molar-refractivity contribution in [1.29, 1.82) is 0 Å². The fourth-order valence-electron chi connectivity index (χ4n) is 4.27. The molecule has 4 heterocycles. The summed E-state index contributed by atoms with van der Waals surface area (Å²) in [5.74, 6) is 2.64. The van der Waals surface area contributed by atoms with Crippen molar-refractivity contribution in [2.45, 2.75) is 25.2 Å². The van der Waals surface area contributed by atoms with Crippen molar-refractivity contribution in [3.63, 3.8) is 0 Å². The van der Waals surface area contributed by atoms with Crippen LogP contribution in [0.15, 0.2) is 18.6 Å². The van der Waals surface area contributed by atoms with Crippen LogP contribution in [0.5, 0.6) is 0 Å². The molecule has 3 aliphatic rings. The minimum absolute atomic E-state index is 0.0241. The third kappa shape index (κ3) is 2.56. The van der Waals surface area contributed by atoms with Gasteiger partial charge in [-0.15, -0.1) is 0 Å². The number of carbonyl (C=O) groups is 1. The topological polar surface area (TPSA) is 90.9 Å². The summed E-state index contributed by atoms with van der Waals surface area (Å²) in [5.41, 5.74) is 1.59. The Bertz CT molecular complexity index is 759. The zero-order valence-corrected chi connectivity index (χ0v) is 14.0. The zero-order valence-electron chi connectivity index (χ0n) is 14.0. The molecule has 8 heteroatoms. The van der Waals surface area contributed by atoms with Crippen LogP contribution >= 0.6 is 0 Å². The van der Waals surface area contributed by atoms with Gasteiger partial charge in [-0.1, -0.05) is 6.42 Å². The molecule has 1 saturated carbocycles. The molecular weight excluding hydrogens is 318 g/mol. The highest BCUT2D eigenvalue weighted by molar-refractivity contribution is 5.92. The lowest BCUT2D eigenvalue weighted by atomic mass is 9.83. The van der Waals surface area contributed by atoms with E-state index in [0.717, 1.165) is 32.0 Å². The van der Waals surface area contributed by atoms with E-state index in [2.05, 4.69) is 36.3 Å². The van der Waals surface area contributed by atoms with E-state index in [0.29, 0.717) is 23.4 Å². The van der Waals surface area contributed by atoms with Crippen molar-refractivity contribution < 1.29 is 4.79 Å². The summed E-state index contributed by atoms with van der Waals surface area (Å²) >= 11 is 0. The van der Waals surface area contributed by atoms with Gasteiger partial charge >= 0.3 is 0 Å². The SMILES string of the molecule is O=C(c1cn[nH]n1)N1CC2CN(c3cc(C4CCC4)ncn3)CC2C1. The third-order valence-electron chi connectivity index (χ3n) is 5.93. The Labute approximate surface area is 145 Å². The van der Waals surface area contributed by atoms with E-state index in [-0.39, 0.29) is 5.91 Å². The summed E-state index contributed by atoms with van der Waals surface area (Å²) in [6, 6.07) is 2.17. The molecule has 5 rings (SSSR count). The molecule has 2 aliphatic heterocycles. The Morgan fingerprint density at radius 2 is 1.92 bits per heavy atom. The van der Waals surface area contributed by atoms with Crippen LogP contribution in [-0.2, 0) is 0 Å². The number of likely N-dealkylation sites (tertiary alicyclic amines) is 1. The minimum Gasteiger partial charge on any atom is -0.356 e. The van der Waals surface area contributed by atoms with E-state index in [9.17, 15) is 4.79 Å². The summed E-state index contributed by atoms with van der Waals surface area (Å²) in [6.45, 7) is 3.48. The Morgan fingerprint density at radius 1 is 1.12 bits per heavy atom. The fraction of sp³-hybridized carbons (Fsp3) is 0.588. The number of aromatic nitrogens is 5. The van der Waals surface area contributed by atoms with Crippen LogP contribution in [0, 0.1) is 11.8 Å². The lowest BCUT2D eigenvalue weighted by Crippen LogP contribution is -2.33. The van der Waals surface area contributed by atoms with Gasteiger partial charge < -0.3 is 9.80 Å². The minimum atomic E-state index is -0.0241. The van der Waals surface area contributed by atoms with E-state index < -0.39 is 0 Å². The number of carbonyl (C=O) groups excluding carboxylic acids is 1. The first kappa shape index (κ1) is 14.8. The van der Waals surface area contributed by atoms with E-state index in [1.807, 2.05) is 4.90 Å². The first-order valence-corrected chi connectivity index (χ1v) is 9.00. The summed E-state index contributed by atoms with van der Waals surface area (Å²) in [7, 11) is 0. The average Bonchev–Trinajstić information content (AvgIpc) is 3.28. The molecule has 2 saturated heterocycles. The van der Waals surface area contributed by atoms with Gasteiger partial charge in [0.1, 0.15) is 12.1 Å². The monoisotopic (exact) mass is 339 g/mol. The van der Waals surface area contributed by atoms with Crippen LogP contribution < -0.4 is 4.90 Å². The van der Waals surface area contributed by atoms with Crippen molar-refractivity contribution in [3.05, 3.63) is 30.0 Å². The standard InChI is InChI=1S/C17H21N7O/c25-17(15-5-20-22-21-15)24-8-12-6-23(7-13(12)9-24)16-4-14(18-10-19-16)11-2-1-3-11/h4-5,10-13H,1-3,6-9H2,(H,20,21,22). The second-order valence-corrected chi connectivity index (χ2v) is 7.42. The number of nitrogens with zero attached hydrogens (tertiary/aromatic N) is 6. The van der Waals surface area contributed by atoms with Crippen LogP contribution in [0.3, 0.4) is 0 Å². The van der Waals surface area contributed by atoms with Crippen LogP contribution in [0.1, 0.15) is 41.4 Å². The molecule has 25 heavy (non-hydrogen) atoms. The number of hydrogen-bond acceptors (Lipinski definition) is 6. The molecular formula is C17H21N7O. The van der Waals surface area contributed by atoms with Crippen LogP contribution in [0.4, 0.5) is 5.82 Å². The largest absolute Gasteiger partial charge is 0.356 e. The van der Waals surface area contributed by atoms with Gasteiger partial charge in [0, 0.05) is 55.7 Å². The highest BCUT2D eigenvalue weighted by atomic mass is 16.2. The summed E-state index contributed by atoms with van der Waals surface area (Å²) in [5, 5.41) is 10.1. The molecule has 8 nitrogen and oxygen atoms in total. The molecule has 2 unspecified atom stereocenters. The number of hydrogen-bond donors (Lipinski definition) is 1. The molecule has 0 bridgehead atoms. The molecule has 3 fully saturated rings. The molecule has 0 radical (unpaired) electrons. The Balaban J connectivity index is 1.26. The van der Waals surface area contributed by atoms with Gasteiger partial charge in [-0.2, -0.15) is 15.4 Å². The molecule has 1 amide bonds. The zero-order chi connectivity index (χ0) is 16.8. The fourth-order valence-corrected chi connectivity index (χ4v) is 4.27. The average molecular weight is 339 g/mol. The van der Waals surface area contributed by atoms with Gasteiger partial charge in [-0.05, 0) is 12.8 Å². The summed E-state index contributed by atoms with van der Waals surface area (Å²) in [4.78, 5) is 25.6. The number of fused-ring (bicyclic) bond motifs is 1. The van der Waals surface area contributed by atoms with Gasteiger partial charge in [-0.25, -0.2) is 9.97 Å². The number of rotatable bonds is 3. The molecule has 1 aliphatic carbocycles. The number of anilines is 1. The maximum absolute atomic E-state index is 12.4. The normalized spacial score (nSPS) is 25.9. The number of nitrogens with one attached hydrogen (secondary N) is 1. The number of amides is 1. The Morgan fingerprint density at radius 3 is 2.56 bits per heavy atom. The molecule has 0 aromatic carbocycles. The van der Waals surface area contributed by atoms with Gasteiger partial charge in [0.15, 0.2) is 5.69 Å². The third-order valence-corrected chi connectivity index (χ3v) is 5.93. The number of H-pyrrole nitrogens is 1. The maximum Gasteiger partial charge on any atom is 0.276 e. The summed E-state index contributed by atoms with van der Waals surface area (Å²) in [6.07, 6.45) is 7.01. The van der Waals surface area contributed by atoms with Crippen molar-refractivity contribution in [3.8, 4) is 0 Å². The Hall–Kier alpha value is -2.51. The lowest BCUT2D eigenvalue weighted by Gasteiger charge is -2.26. The molecule has 1 N–H and O–H groups in total. The highest BCUT2D eigenvalue weighted by Gasteiger charge is 2.42. The lowest BCUT2D eigenvalue weighted by molar-refractivity contribution is 0.0776. The first-order chi connectivity index (χ1) is 12.3. The molecule has 2 aromatic rings. The van der Waals surface area contributed by atoms with E-state index >= 15 is 0 Å². The molecule has 130 valence electrons. The van der Waals surface area contributed by atoms with E-state index in [1.54, 1.807) is 6.33 Å². The second kappa shape index (κ2) is 5.79.